The molecule has 3 aromatic carbocycles. The number of ether oxygens (including phenoxy) is 3. The zero-order valence-corrected chi connectivity index (χ0v) is 23.8. The van der Waals surface area contributed by atoms with Crippen molar-refractivity contribution in [3.63, 3.8) is 0 Å². The number of amides is 1. The molecule has 4 unspecified atom stereocenters. The number of methoxy groups -OCH3 is 1. The van der Waals surface area contributed by atoms with Crippen LogP contribution in [0.1, 0.15) is 61.8 Å². The molecule has 2 heterocycles. The van der Waals surface area contributed by atoms with Crippen LogP contribution in [0.5, 0.6) is 17.2 Å². The summed E-state index contributed by atoms with van der Waals surface area (Å²) in [5.41, 5.74) is 3.58. The van der Waals surface area contributed by atoms with Crippen molar-refractivity contribution in [2.24, 2.45) is 5.92 Å². The second kappa shape index (κ2) is 12.6. The summed E-state index contributed by atoms with van der Waals surface area (Å²) in [6.07, 6.45) is 3.24. The minimum Gasteiger partial charge on any atom is -0.497 e. The molecule has 0 saturated carbocycles. The maximum Gasteiger partial charge on any atom is 0.309 e. The summed E-state index contributed by atoms with van der Waals surface area (Å²) in [6, 6.07) is 20.0. The van der Waals surface area contributed by atoms with Gasteiger partial charge in [0.1, 0.15) is 5.75 Å². The smallest absolute Gasteiger partial charge is 0.309 e. The summed E-state index contributed by atoms with van der Waals surface area (Å²) in [7, 11) is 1.60. The van der Waals surface area contributed by atoms with E-state index in [9.17, 15) is 14.7 Å². The summed E-state index contributed by atoms with van der Waals surface area (Å²) in [6.45, 7) is 4.73. The highest BCUT2D eigenvalue weighted by Gasteiger charge is 2.50. The fraction of sp³-hybridized carbons (Fsp3) is 0.394. The maximum absolute atomic E-state index is 14.0. The first kappa shape index (κ1) is 28.5. The lowest BCUT2D eigenvalue weighted by atomic mass is 9.82. The topological polar surface area (TPSA) is 97.3 Å². The highest BCUT2D eigenvalue weighted by Crippen LogP contribution is 2.49. The van der Waals surface area contributed by atoms with Crippen molar-refractivity contribution in [2.75, 3.05) is 25.8 Å². The van der Waals surface area contributed by atoms with Gasteiger partial charge in [0.2, 0.25) is 12.7 Å². The molecule has 3 aromatic rings. The Labute approximate surface area is 241 Å². The Morgan fingerprint density at radius 1 is 1.02 bits per heavy atom. The molecule has 8 nitrogen and oxygen atoms in total. The molecule has 2 aliphatic rings. The molecule has 0 aliphatic carbocycles. The molecular formula is C33H38N2O6. The molecule has 2 aliphatic heterocycles. The van der Waals surface area contributed by atoms with Crippen LogP contribution < -0.4 is 19.5 Å². The molecule has 0 aromatic heterocycles. The van der Waals surface area contributed by atoms with Crippen molar-refractivity contribution < 1.29 is 28.9 Å². The number of hydrogen-bond donors (Lipinski definition) is 2. The van der Waals surface area contributed by atoms with Crippen LogP contribution in [0.15, 0.2) is 66.7 Å². The van der Waals surface area contributed by atoms with Gasteiger partial charge >= 0.3 is 5.97 Å². The SMILES string of the molecule is CCCCC(C(=O)Nc1cccc(CC)c1)N1CC(c2ccc3c(c2)OCO3)C(C(=O)O)C1c1ccc(OC)cc1. The average Bonchev–Trinajstić information content (AvgIpc) is 3.62. The first-order chi connectivity index (χ1) is 19.9. The summed E-state index contributed by atoms with van der Waals surface area (Å²) >= 11 is 0. The number of nitrogens with one attached hydrogen (secondary N) is 1. The molecule has 216 valence electrons. The number of benzene rings is 3. The number of carbonyl (C=O) groups excluding carboxylic acids is 1. The molecule has 1 saturated heterocycles. The largest absolute Gasteiger partial charge is 0.497 e. The van der Waals surface area contributed by atoms with Crippen LogP contribution in [-0.2, 0) is 16.0 Å². The molecule has 2 N–H and O–H groups in total. The Morgan fingerprint density at radius 3 is 2.49 bits per heavy atom. The molecule has 8 heteroatoms. The predicted molar refractivity (Wildman–Crippen MR) is 157 cm³/mol. The van der Waals surface area contributed by atoms with Crippen LogP contribution in [-0.4, -0.2) is 48.4 Å². The van der Waals surface area contributed by atoms with Crippen LogP contribution in [0.25, 0.3) is 0 Å². The minimum absolute atomic E-state index is 0.124. The highest BCUT2D eigenvalue weighted by atomic mass is 16.7. The number of likely N-dealkylation sites (tertiary alicyclic amines) is 1. The Hall–Kier alpha value is -4.04. The normalized spacial score (nSPS) is 20.5. The zero-order chi connectivity index (χ0) is 28.9. The third-order valence-electron chi connectivity index (χ3n) is 8.24. The second-order valence-electron chi connectivity index (χ2n) is 10.7. The summed E-state index contributed by atoms with van der Waals surface area (Å²) < 4.78 is 16.5. The molecule has 0 radical (unpaired) electrons. The third kappa shape index (κ3) is 6.03. The van der Waals surface area contributed by atoms with E-state index >= 15 is 0 Å². The van der Waals surface area contributed by atoms with Crippen molar-refractivity contribution in [1.29, 1.82) is 0 Å². The number of nitrogens with zero attached hydrogens (tertiary/aromatic N) is 1. The number of carbonyl (C=O) groups is 2. The van der Waals surface area contributed by atoms with Gasteiger partial charge in [0, 0.05) is 24.2 Å². The number of aryl methyl sites for hydroxylation is 1. The van der Waals surface area contributed by atoms with E-state index < -0.39 is 24.0 Å². The number of anilines is 1. The van der Waals surface area contributed by atoms with Crippen LogP contribution in [0.4, 0.5) is 5.69 Å². The van der Waals surface area contributed by atoms with Gasteiger partial charge in [0.25, 0.3) is 0 Å². The van der Waals surface area contributed by atoms with Crippen LogP contribution in [0.3, 0.4) is 0 Å². The van der Waals surface area contributed by atoms with Gasteiger partial charge in [-0.1, -0.05) is 57.0 Å². The number of carboxylic acids is 1. The number of rotatable bonds is 11. The number of aliphatic carboxylic acids is 1. The predicted octanol–water partition coefficient (Wildman–Crippen LogP) is 6.03. The number of unbranched alkanes of at least 4 members (excludes halogenated alkanes) is 1. The average molecular weight is 559 g/mol. The molecule has 1 amide bonds. The fourth-order valence-electron chi connectivity index (χ4n) is 6.10. The lowest BCUT2D eigenvalue weighted by molar-refractivity contribution is -0.143. The molecular weight excluding hydrogens is 520 g/mol. The molecule has 1 fully saturated rings. The van der Waals surface area contributed by atoms with Gasteiger partial charge in [0.05, 0.1) is 19.1 Å². The Morgan fingerprint density at radius 2 is 1.78 bits per heavy atom. The zero-order valence-electron chi connectivity index (χ0n) is 23.8. The van der Waals surface area contributed by atoms with Gasteiger partial charge in [0.15, 0.2) is 11.5 Å². The fourth-order valence-corrected chi connectivity index (χ4v) is 6.10. The van der Waals surface area contributed by atoms with Gasteiger partial charge in [-0.3, -0.25) is 14.5 Å². The number of fused-ring (bicyclic) bond motifs is 1. The van der Waals surface area contributed by atoms with Gasteiger partial charge in [-0.15, -0.1) is 0 Å². The second-order valence-corrected chi connectivity index (χ2v) is 10.7. The van der Waals surface area contributed by atoms with Crippen molar-refractivity contribution in [1.82, 2.24) is 4.90 Å². The van der Waals surface area contributed by atoms with Crippen LogP contribution >= 0.6 is 0 Å². The van der Waals surface area contributed by atoms with E-state index in [4.69, 9.17) is 14.2 Å². The highest BCUT2D eigenvalue weighted by molar-refractivity contribution is 5.95. The summed E-state index contributed by atoms with van der Waals surface area (Å²) in [5, 5.41) is 13.8. The van der Waals surface area contributed by atoms with Crippen LogP contribution in [0.2, 0.25) is 0 Å². The number of hydrogen-bond acceptors (Lipinski definition) is 6. The quantitative estimate of drug-likeness (QED) is 0.297. The summed E-state index contributed by atoms with van der Waals surface area (Å²) in [5.74, 6) is -0.229. The first-order valence-corrected chi connectivity index (χ1v) is 14.3. The molecule has 0 bridgehead atoms. The van der Waals surface area contributed by atoms with E-state index in [0.717, 1.165) is 41.6 Å². The van der Waals surface area contributed by atoms with E-state index in [1.54, 1.807) is 7.11 Å². The van der Waals surface area contributed by atoms with E-state index in [2.05, 4.69) is 24.1 Å². The monoisotopic (exact) mass is 558 g/mol. The molecule has 0 spiro atoms. The standard InChI is InChI=1S/C33H38N2O6/c1-4-6-10-27(32(36)34-24-9-7-8-21(5-2)17-24)35-19-26(23-13-16-28-29(18-23)41-20-40-28)30(33(37)38)31(35)22-11-14-25(39-3)15-12-22/h7-9,11-18,26-27,30-31H,4-6,10,19-20H2,1-3H3,(H,34,36)(H,37,38). The van der Waals surface area contributed by atoms with E-state index in [1.807, 2.05) is 66.7 Å². The van der Waals surface area contributed by atoms with Crippen molar-refractivity contribution >= 4 is 17.6 Å². The Balaban J connectivity index is 1.56. The summed E-state index contributed by atoms with van der Waals surface area (Å²) in [4.78, 5) is 29.1. The van der Waals surface area contributed by atoms with E-state index in [-0.39, 0.29) is 18.6 Å². The van der Waals surface area contributed by atoms with Gasteiger partial charge in [-0.05, 0) is 65.9 Å². The van der Waals surface area contributed by atoms with Crippen molar-refractivity contribution in [3.8, 4) is 17.2 Å². The van der Waals surface area contributed by atoms with Crippen molar-refractivity contribution in [2.45, 2.75) is 57.5 Å². The van der Waals surface area contributed by atoms with Gasteiger partial charge in [-0.2, -0.15) is 0 Å². The molecule has 5 rings (SSSR count). The molecule has 4 atom stereocenters. The van der Waals surface area contributed by atoms with E-state index in [0.29, 0.717) is 30.2 Å². The molecule has 41 heavy (non-hydrogen) atoms. The van der Waals surface area contributed by atoms with Gasteiger partial charge < -0.3 is 24.6 Å². The Kier molecular flexibility index (Phi) is 8.78. The minimum atomic E-state index is -0.902. The first-order valence-electron chi connectivity index (χ1n) is 14.3. The number of carboxylic acid groups (broad SMARTS) is 1. The lowest BCUT2D eigenvalue weighted by Gasteiger charge is -2.34. The third-order valence-corrected chi connectivity index (χ3v) is 8.24. The Bertz CT molecular complexity index is 1370. The maximum atomic E-state index is 14.0. The van der Waals surface area contributed by atoms with E-state index in [1.165, 1.54) is 0 Å². The van der Waals surface area contributed by atoms with Gasteiger partial charge in [-0.25, -0.2) is 0 Å². The lowest BCUT2D eigenvalue weighted by Crippen LogP contribution is -2.45. The van der Waals surface area contributed by atoms with Crippen molar-refractivity contribution in [3.05, 3.63) is 83.4 Å². The van der Waals surface area contributed by atoms with Crippen LogP contribution in [0, 0.1) is 5.92 Å².